The molecule has 4 rings (SSSR count). The lowest BCUT2D eigenvalue weighted by Gasteiger charge is -2.18. The molecule has 1 aliphatic rings. The monoisotopic (exact) mass is 415 g/mol. The van der Waals surface area contributed by atoms with Crippen LogP contribution in [0.5, 0.6) is 11.5 Å². The van der Waals surface area contributed by atoms with Crippen LogP contribution in [-0.4, -0.2) is 20.1 Å². The third-order valence-corrected chi connectivity index (χ3v) is 6.30. The Kier molecular flexibility index (Phi) is 5.48. The maximum absolute atomic E-state index is 13.2. The van der Waals surface area contributed by atoms with Gasteiger partial charge in [-0.2, -0.15) is 0 Å². The molecule has 0 aromatic heterocycles. The van der Waals surface area contributed by atoms with E-state index in [1.807, 2.05) is 30.3 Å². The van der Waals surface area contributed by atoms with Gasteiger partial charge in [0.25, 0.3) is 0 Å². The van der Waals surface area contributed by atoms with E-state index in [0.717, 1.165) is 57.8 Å². The van der Waals surface area contributed by atoms with Crippen molar-refractivity contribution in [2.24, 2.45) is 0 Å². The largest absolute Gasteiger partial charge is 0.497 e. The Morgan fingerprint density at radius 1 is 0.839 bits per heavy atom. The van der Waals surface area contributed by atoms with Gasteiger partial charge in [-0.1, -0.05) is 18.2 Å². The first-order valence-electron chi connectivity index (χ1n) is 10.6. The van der Waals surface area contributed by atoms with Gasteiger partial charge in [0.2, 0.25) is 5.91 Å². The molecule has 0 bridgehead atoms. The third-order valence-electron chi connectivity index (χ3n) is 6.30. The standard InChI is InChI=1S/C27H29NO3/c1-17-6-9-22(16-24(17)20-14-18(2)25(31-5)19(3)15-20)28-26(29)27(12-13-27)21-7-10-23(30-4)11-8-21/h6-11,14-16H,12-13H2,1-5H3,(H,28,29). The van der Waals surface area contributed by atoms with E-state index in [4.69, 9.17) is 9.47 Å². The first-order chi connectivity index (χ1) is 14.9. The number of hydrogen-bond donors (Lipinski definition) is 1. The van der Waals surface area contributed by atoms with Crippen LogP contribution in [0.3, 0.4) is 0 Å². The van der Waals surface area contributed by atoms with Gasteiger partial charge in [0.1, 0.15) is 11.5 Å². The fraction of sp³-hybridized carbons (Fsp3) is 0.296. The summed E-state index contributed by atoms with van der Waals surface area (Å²) in [6.45, 7) is 6.21. The minimum absolute atomic E-state index is 0.0505. The second kappa shape index (κ2) is 8.10. The second-order valence-corrected chi connectivity index (χ2v) is 8.44. The van der Waals surface area contributed by atoms with Crippen LogP contribution in [0.4, 0.5) is 5.69 Å². The lowest BCUT2D eigenvalue weighted by Crippen LogP contribution is -2.27. The highest BCUT2D eigenvalue weighted by Gasteiger charge is 2.51. The number of hydrogen-bond acceptors (Lipinski definition) is 3. The fourth-order valence-electron chi connectivity index (χ4n) is 4.37. The van der Waals surface area contributed by atoms with E-state index in [9.17, 15) is 4.79 Å². The second-order valence-electron chi connectivity index (χ2n) is 8.44. The zero-order valence-corrected chi connectivity index (χ0v) is 18.8. The van der Waals surface area contributed by atoms with Crippen LogP contribution in [0.15, 0.2) is 54.6 Å². The third kappa shape index (κ3) is 3.90. The Bertz CT molecular complexity index is 1100. The van der Waals surface area contributed by atoms with Gasteiger partial charge < -0.3 is 14.8 Å². The highest BCUT2D eigenvalue weighted by molar-refractivity contribution is 6.01. The summed E-state index contributed by atoms with van der Waals surface area (Å²) in [5.41, 5.74) is 7.02. The first-order valence-corrected chi connectivity index (χ1v) is 10.6. The van der Waals surface area contributed by atoms with Gasteiger partial charge >= 0.3 is 0 Å². The van der Waals surface area contributed by atoms with Crippen LogP contribution in [-0.2, 0) is 10.2 Å². The molecule has 1 fully saturated rings. The summed E-state index contributed by atoms with van der Waals surface area (Å²) >= 11 is 0. The van der Waals surface area contributed by atoms with E-state index < -0.39 is 5.41 Å². The van der Waals surface area contributed by atoms with E-state index in [0.29, 0.717) is 0 Å². The molecule has 1 aliphatic carbocycles. The molecule has 0 spiro atoms. The average Bonchev–Trinajstić information content (AvgIpc) is 3.57. The van der Waals surface area contributed by atoms with Crippen LogP contribution in [0.25, 0.3) is 11.1 Å². The van der Waals surface area contributed by atoms with Gasteiger partial charge in [-0.3, -0.25) is 4.79 Å². The van der Waals surface area contributed by atoms with Gasteiger partial charge in [-0.15, -0.1) is 0 Å². The molecule has 1 N–H and O–H groups in total. The van der Waals surface area contributed by atoms with Crippen LogP contribution < -0.4 is 14.8 Å². The Morgan fingerprint density at radius 2 is 1.48 bits per heavy atom. The number of rotatable bonds is 6. The van der Waals surface area contributed by atoms with Gasteiger partial charge in [-0.05, 0) is 103 Å². The number of benzene rings is 3. The minimum Gasteiger partial charge on any atom is -0.497 e. The normalized spacial score (nSPS) is 14.1. The van der Waals surface area contributed by atoms with E-state index in [1.165, 1.54) is 5.56 Å². The molecule has 4 heteroatoms. The van der Waals surface area contributed by atoms with Crippen molar-refractivity contribution in [2.75, 3.05) is 19.5 Å². The van der Waals surface area contributed by atoms with Crippen molar-refractivity contribution < 1.29 is 14.3 Å². The van der Waals surface area contributed by atoms with Crippen molar-refractivity contribution in [3.63, 3.8) is 0 Å². The Labute approximate surface area is 184 Å². The molecule has 0 radical (unpaired) electrons. The Hall–Kier alpha value is -3.27. The lowest BCUT2D eigenvalue weighted by molar-refractivity contribution is -0.118. The molecular weight excluding hydrogens is 386 g/mol. The Balaban J connectivity index is 1.61. The predicted molar refractivity (Wildman–Crippen MR) is 125 cm³/mol. The van der Waals surface area contributed by atoms with E-state index in [2.05, 4.69) is 50.4 Å². The SMILES string of the molecule is COc1ccc(C2(C(=O)Nc3ccc(C)c(-c4cc(C)c(OC)c(C)c4)c3)CC2)cc1. The molecule has 1 saturated carbocycles. The molecular formula is C27H29NO3. The molecule has 1 amide bonds. The first kappa shape index (κ1) is 21.0. The summed E-state index contributed by atoms with van der Waals surface area (Å²) in [7, 11) is 3.35. The summed E-state index contributed by atoms with van der Waals surface area (Å²) in [6.07, 6.45) is 1.72. The van der Waals surface area contributed by atoms with Crippen molar-refractivity contribution in [1.82, 2.24) is 0 Å². The zero-order valence-electron chi connectivity index (χ0n) is 18.8. The minimum atomic E-state index is -0.440. The van der Waals surface area contributed by atoms with Crippen molar-refractivity contribution in [3.8, 4) is 22.6 Å². The number of aryl methyl sites for hydroxylation is 3. The van der Waals surface area contributed by atoms with Crippen molar-refractivity contribution in [2.45, 2.75) is 39.0 Å². The number of carbonyl (C=O) groups is 1. The molecule has 0 atom stereocenters. The molecule has 0 aliphatic heterocycles. The molecule has 31 heavy (non-hydrogen) atoms. The lowest BCUT2D eigenvalue weighted by atomic mass is 9.94. The van der Waals surface area contributed by atoms with Crippen molar-refractivity contribution in [1.29, 1.82) is 0 Å². The molecule has 3 aromatic carbocycles. The highest BCUT2D eigenvalue weighted by atomic mass is 16.5. The van der Waals surface area contributed by atoms with Gasteiger partial charge in [-0.25, -0.2) is 0 Å². The van der Waals surface area contributed by atoms with Crippen LogP contribution in [0, 0.1) is 20.8 Å². The maximum atomic E-state index is 13.2. The van der Waals surface area contributed by atoms with Crippen molar-refractivity contribution >= 4 is 11.6 Å². The van der Waals surface area contributed by atoms with E-state index in [-0.39, 0.29) is 5.91 Å². The molecule has 4 nitrogen and oxygen atoms in total. The summed E-state index contributed by atoms with van der Waals surface area (Å²) in [5.74, 6) is 1.77. The smallest absolute Gasteiger partial charge is 0.235 e. The quantitative estimate of drug-likeness (QED) is 0.540. The van der Waals surface area contributed by atoms with E-state index >= 15 is 0 Å². The number of carbonyl (C=O) groups excluding carboxylic acids is 1. The highest BCUT2D eigenvalue weighted by Crippen LogP contribution is 2.49. The zero-order chi connectivity index (χ0) is 22.2. The summed E-state index contributed by atoms with van der Waals surface area (Å²) in [5, 5.41) is 3.17. The summed E-state index contributed by atoms with van der Waals surface area (Å²) in [4.78, 5) is 13.2. The fourth-order valence-corrected chi connectivity index (χ4v) is 4.37. The van der Waals surface area contributed by atoms with Crippen LogP contribution >= 0.6 is 0 Å². The van der Waals surface area contributed by atoms with Crippen LogP contribution in [0.2, 0.25) is 0 Å². The number of methoxy groups -OCH3 is 2. The van der Waals surface area contributed by atoms with E-state index in [1.54, 1.807) is 14.2 Å². The Morgan fingerprint density at radius 3 is 2.03 bits per heavy atom. The number of amides is 1. The van der Waals surface area contributed by atoms with Gasteiger partial charge in [0.05, 0.1) is 19.6 Å². The molecule has 160 valence electrons. The van der Waals surface area contributed by atoms with Crippen LogP contribution in [0.1, 0.15) is 35.1 Å². The van der Waals surface area contributed by atoms with Gasteiger partial charge in [0, 0.05) is 5.69 Å². The molecule has 0 heterocycles. The molecule has 0 unspecified atom stereocenters. The summed E-state index contributed by atoms with van der Waals surface area (Å²) < 4.78 is 10.8. The number of ether oxygens (including phenoxy) is 2. The molecule has 0 saturated heterocycles. The number of anilines is 1. The predicted octanol–water partition coefficient (Wildman–Crippen LogP) is 5.97. The number of nitrogens with one attached hydrogen (secondary N) is 1. The van der Waals surface area contributed by atoms with Gasteiger partial charge in [0.15, 0.2) is 0 Å². The maximum Gasteiger partial charge on any atom is 0.235 e. The summed E-state index contributed by atoms with van der Waals surface area (Å²) in [6, 6.07) is 18.2. The average molecular weight is 416 g/mol. The molecule has 3 aromatic rings. The topological polar surface area (TPSA) is 47.6 Å². The van der Waals surface area contributed by atoms with Crippen molar-refractivity contribution in [3.05, 3.63) is 76.9 Å².